The number of amides is 1. The molecule has 136 valence electrons. The Morgan fingerprint density at radius 1 is 0.815 bits per heavy atom. The molecule has 0 heterocycles. The highest BCUT2D eigenvalue weighted by atomic mass is 19.1. The van der Waals surface area contributed by atoms with E-state index in [1.165, 1.54) is 6.07 Å². The van der Waals surface area contributed by atoms with Gasteiger partial charge < -0.3 is 5.32 Å². The van der Waals surface area contributed by atoms with E-state index in [0.717, 1.165) is 23.3 Å². The Balaban J connectivity index is 1.94. The van der Waals surface area contributed by atoms with Crippen molar-refractivity contribution in [1.29, 1.82) is 0 Å². The summed E-state index contributed by atoms with van der Waals surface area (Å²) >= 11 is 0. The molecule has 0 atom stereocenters. The molecule has 0 aromatic heterocycles. The maximum atomic E-state index is 13.8. The van der Waals surface area contributed by atoms with Crippen LogP contribution in [0.1, 0.15) is 37.4 Å². The molecule has 0 fully saturated rings. The number of aryl methyl sites for hydroxylation is 2. The summed E-state index contributed by atoms with van der Waals surface area (Å²) in [5, 5.41) is 2.39. The van der Waals surface area contributed by atoms with E-state index < -0.39 is 17.5 Å². The summed E-state index contributed by atoms with van der Waals surface area (Å²) in [4.78, 5) is 25.5. The molecular weight excluding hydrogens is 348 g/mol. The number of anilines is 1. The number of carbonyl (C=O) groups is 2. The number of hydrogen-bond donors (Lipinski definition) is 1. The van der Waals surface area contributed by atoms with E-state index in [-0.39, 0.29) is 22.6 Å². The van der Waals surface area contributed by atoms with Crippen molar-refractivity contribution in [3.8, 4) is 0 Å². The van der Waals surface area contributed by atoms with Gasteiger partial charge in [0.05, 0.1) is 11.3 Å². The predicted octanol–water partition coefficient (Wildman–Crippen LogP) is 5.06. The third-order valence-corrected chi connectivity index (χ3v) is 4.36. The van der Waals surface area contributed by atoms with Gasteiger partial charge in [-0.25, -0.2) is 8.78 Å². The quantitative estimate of drug-likeness (QED) is 0.657. The van der Waals surface area contributed by atoms with Gasteiger partial charge in [0.2, 0.25) is 0 Å². The van der Waals surface area contributed by atoms with Crippen molar-refractivity contribution in [2.75, 3.05) is 5.32 Å². The number of halogens is 2. The highest BCUT2D eigenvalue weighted by Gasteiger charge is 2.19. The summed E-state index contributed by atoms with van der Waals surface area (Å²) in [7, 11) is 0. The fourth-order valence-electron chi connectivity index (χ4n) is 2.70. The van der Waals surface area contributed by atoms with Gasteiger partial charge in [0, 0.05) is 17.2 Å². The van der Waals surface area contributed by atoms with Gasteiger partial charge in [0.1, 0.15) is 11.6 Å². The lowest BCUT2D eigenvalue weighted by atomic mass is 9.95. The van der Waals surface area contributed by atoms with Crippen LogP contribution >= 0.6 is 0 Å². The standard InChI is InChI=1S/C22H17F2NO2/c1-13-7-8-15(11-14(13)2)21(26)17-5-3-4-6-18(17)22(27)25-20-10-9-16(23)12-19(20)24/h3-12H,1-2H3,(H,25,27). The van der Waals surface area contributed by atoms with Crippen LogP contribution in [0, 0.1) is 25.5 Å². The van der Waals surface area contributed by atoms with E-state index in [4.69, 9.17) is 0 Å². The normalized spacial score (nSPS) is 10.5. The third-order valence-electron chi connectivity index (χ3n) is 4.36. The van der Waals surface area contributed by atoms with Crippen molar-refractivity contribution >= 4 is 17.4 Å². The minimum atomic E-state index is -0.888. The maximum Gasteiger partial charge on any atom is 0.256 e. The Labute approximate surface area is 155 Å². The molecule has 0 saturated carbocycles. The van der Waals surface area contributed by atoms with E-state index in [0.29, 0.717) is 11.6 Å². The second-order valence-corrected chi connectivity index (χ2v) is 6.25. The molecule has 0 unspecified atom stereocenters. The number of hydrogen-bond acceptors (Lipinski definition) is 2. The molecule has 1 N–H and O–H groups in total. The minimum Gasteiger partial charge on any atom is -0.319 e. The molecule has 0 radical (unpaired) electrons. The van der Waals surface area contributed by atoms with Crippen LogP contribution in [0.25, 0.3) is 0 Å². The Kier molecular flexibility index (Phi) is 5.12. The maximum absolute atomic E-state index is 13.8. The van der Waals surface area contributed by atoms with Gasteiger partial charge >= 0.3 is 0 Å². The number of ketones is 1. The average Bonchev–Trinajstić information content (AvgIpc) is 2.65. The van der Waals surface area contributed by atoms with Crippen molar-refractivity contribution in [3.63, 3.8) is 0 Å². The Bertz CT molecular complexity index is 1040. The zero-order valence-electron chi connectivity index (χ0n) is 14.8. The van der Waals surface area contributed by atoms with Gasteiger partial charge in [-0.2, -0.15) is 0 Å². The van der Waals surface area contributed by atoms with E-state index in [1.807, 2.05) is 19.9 Å². The van der Waals surface area contributed by atoms with Crippen LogP contribution in [-0.4, -0.2) is 11.7 Å². The first-order valence-electron chi connectivity index (χ1n) is 8.34. The monoisotopic (exact) mass is 365 g/mol. The topological polar surface area (TPSA) is 46.2 Å². The van der Waals surface area contributed by atoms with Gasteiger partial charge in [0.15, 0.2) is 5.78 Å². The lowest BCUT2D eigenvalue weighted by molar-refractivity contribution is 0.0996. The lowest BCUT2D eigenvalue weighted by Gasteiger charge is -2.11. The fraction of sp³-hybridized carbons (Fsp3) is 0.0909. The van der Waals surface area contributed by atoms with E-state index >= 15 is 0 Å². The molecule has 0 spiro atoms. The third kappa shape index (κ3) is 3.92. The number of nitrogens with one attached hydrogen (secondary N) is 1. The fourth-order valence-corrected chi connectivity index (χ4v) is 2.70. The molecule has 0 bridgehead atoms. The van der Waals surface area contributed by atoms with Crippen LogP contribution in [0.4, 0.5) is 14.5 Å². The molecular formula is C22H17F2NO2. The number of rotatable bonds is 4. The highest BCUT2D eigenvalue weighted by Crippen LogP contribution is 2.20. The number of carbonyl (C=O) groups excluding carboxylic acids is 2. The van der Waals surface area contributed by atoms with Crippen molar-refractivity contribution < 1.29 is 18.4 Å². The largest absolute Gasteiger partial charge is 0.319 e. The summed E-state index contributed by atoms with van der Waals surface area (Å²) in [5.41, 5.74) is 2.66. The van der Waals surface area contributed by atoms with Crippen molar-refractivity contribution in [1.82, 2.24) is 0 Å². The van der Waals surface area contributed by atoms with Crippen molar-refractivity contribution in [2.45, 2.75) is 13.8 Å². The first-order valence-corrected chi connectivity index (χ1v) is 8.34. The molecule has 0 aliphatic carbocycles. The molecule has 0 saturated heterocycles. The van der Waals surface area contributed by atoms with Crippen LogP contribution in [0.15, 0.2) is 60.7 Å². The molecule has 3 aromatic rings. The van der Waals surface area contributed by atoms with Gasteiger partial charge in [-0.3, -0.25) is 9.59 Å². The lowest BCUT2D eigenvalue weighted by Crippen LogP contribution is -2.17. The Hall–Kier alpha value is -3.34. The molecule has 3 rings (SSSR count). The van der Waals surface area contributed by atoms with E-state index in [1.54, 1.807) is 30.3 Å². The van der Waals surface area contributed by atoms with Crippen LogP contribution in [-0.2, 0) is 0 Å². The summed E-state index contributed by atoms with van der Waals surface area (Å²) in [6.45, 7) is 3.85. The van der Waals surface area contributed by atoms with Crippen molar-refractivity contribution in [2.24, 2.45) is 0 Å². The zero-order chi connectivity index (χ0) is 19.6. The van der Waals surface area contributed by atoms with Crippen LogP contribution in [0.2, 0.25) is 0 Å². The van der Waals surface area contributed by atoms with Crippen LogP contribution in [0.5, 0.6) is 0 Å². The molecule has 3 nitrogen and oxygen atoms in total. The molecule has 0 aliphatic heterocycles. The summed E-state index contributed by atoms with van der Waals surface area (Å²) in [5.74, 6) is -2.58. The molecule has 27 heavy (non-hydrogen) atoms. The molecule has 5 heteroatoms. The SMILES string of the molecule is Cc1ccc(C(=O)c2ccccc2C(=O)Nc2ccc(F)cc2F)cc1C. The second-order valence-electron chi connectivity index (χ2n) is 6.25. The summed E-state index contributed by atoms with van der Waals surface area (Å²) in [6.07, 6.45) is 0. The van der Waals surface area contributed by atoms with Crippen LogP contribution < -0.4 is 5.32 Å². The second kappa shape index (κ2) is 7.50. The van der Waals surface area contributed by atoms with Gasteiger partial charge in [0.25, 0.3) is 5.91 Å². The van der Waals surface area contributed by atoms with Gasteiger partial charge in [-0.1, -0.05) is 30.3 Å². The predicted molar refractivity (Wildman–Crippen MR) is 100 cm³/mol. The zero-order valence-corrected chi connectivity index (χ0v) is 14.8. The average molecular weight is 365 g/mol. The van der Waals surface area contributed by atoms with Gasteiger partial charge in [-0.05, 0) is 49.2 Å². The Morgan fingerprint density at radius 2 is 1.52 bits per heavy atom. The molecule has 1 amide bonds. The van der Waals surface area contributed by atoms with Crippen LogP contribution in [0.3, 0.4) is 0 Å². The minimum absolute atomic E-state index is 0.115. The van der Waals surface area contributed by atoms with E-state index in [2.05, 4.69) is 5.32 Å². The summed E-state index contributed by atoms with van der Waals surface area (Å²) < 4.78 is 26.8. The summed E-state index contributed by atoms with van der Waals surface area (Å²) in [6, 6.07) is 14.5. The van der Waals surface area contributed by atoms with Gasteiger partial charge in [-0.15, -0.1) is 0 Å². The smallest absolute Gasteiger partial charge is 0.256 e. The molecule has 0 aliphatic rings. The highest BCUT2D eigenvalue weighted by molar-refractivity contribution is 6.17. The Morgan fingerprint density at radius 3 is 2.19 bits per heavy atom. The molecule has 3 aromatic carbocycles. The number of benzene rings is 3. The first-order chi connectivity index (χ1) is 12.9. The van der Waals surface area contributed by atoms with Crippen molar-refractivity contribution in [3.05, 3.63) is 100 Å². The van der Waals surface area contributed by atoms with E-state index in [9.17, 15) is 18.4 Å². The first kappa shape index (κ1) is 18.5.